The highest BCUT2D eigenvalue weighted by Crippen LogP contribution is 2.45. The number of nitrogens with zero attached hydrogens (tertiary/aromatic N) is 1. The molecule has 0 aliphatic carbocycles. The molecule has 180 valence electrons. The molecular weight excluding hydrogens is 430 g/mol. The summed E-state index contributed by atoms with van der Waals surface area (Å²) in [7, 11) is 0. The molecule has 2 aromatic rings. The molecule has 2 aliphatic heterocycles. The second-order valence-corrected chi connectivity index (χ2v) is 9.14. The summed E-state index contributed by atoms with van der Waals surface area (Å²) in [6.07, 6.45) is 5.90. The summed E-state index contributed by atoms with van der Waals surface area (Å²) in [6.45, 7) is 3.74. The van der Waals surface area contributed by atoms with Crippen molar-refractivity contribution in [3.63, 3.8) is 0 Å². The van der Waals surface area contributed by atoms with E-state index in [1.165, 1.54) is 0 Å². The van der Waals surface area contributed by atoms with Crippen LogP contribution in [0.5, 0.6) is 0 Å². The van der Waals surface area contributed by atoms with Crippen LogP contribution in [-0.2, 0) is 21.7 Å². The highest BCUT2D eigenvalue weighted by atomic mass is 16.3. The van der Waals surface area contributed by atoms with Gasteiger partial charge in [-0.25, -0.2) is 0 Å². The minimum Gasteiger partial charge on any atom is -0.396 e. The van der Waals surface area contributed by atoms with Crippen molar-refractivity contribution in [2.45, 2.75) is 38.3 Å². The van der Waals surface area contributed by atoms with E-state index in [9.17, 15) is 14.7 Å². The summed E-state index contributed by atoms with van der Waals surface area (Å²) in [5, 5.41) is 26.9. The number of hydrogen-bond donors (Lipinski definition) is 4. The summed E-state index contributed by atoms with van der Waals surface area (Å²) >= 11 is 0. The monoisotopic (exact) mass is 463 g/mol. The fourth-order valence-corrected chi connectivity index (χ4v) is 4.82. The van der Waals surface area contributed by atoms with E-state index in [4.69, 9.17) is 5.11 Å². The molecule has 4 rings (SSSR count). The molecule has 0 aromatic heterocycles. The predicted octanol–water partition coefficient (Wildman–Crippen LogP) is 2.93. The number of aliphatic hydroxyl groups is 2. The summed E-state index contributed by atoms with van der Waals surface area (Å²) in [4.78, 5) is 27.8. The Morgan fingerprint density at radius 2 is 2.12 bits per heavy atom. The molecule has 4 N–H and O–H groups in total. The first kappa shape index (κ1) is 24.1. The highest BCUT2D eigenvalue weighted by molar-refractivity contribution is 6.07. The molecule has 34 heavy (non-hydrogen) atoms. The van der Waals surface area contributed by atoms with Gasteiger partial charge in [0.25, 0.3) is 5.91 Å². The van der Waals surface area contributed by atoms with Crippen LogP contribution in [-0.4, -0.2) is 41.7 Å². The van der Waals surface area contributed by atoms with Gasteiger partial charge >= 0.3 is 0 Å². The van der Waals surface area contributed by atoms with Gasteiger partial charge < -0.3 is 25.7 Å². The lowest BCUT2D eigenvalue weighted by molar-refractivity contribution is -0.139. The Balaban J connectivity index is 1.54. The summed E-state index contributed by atoms with van der Waals surface area (Å²) in [6, 6.07) is 14.8. The SMILES string of the molecule is C[C@H](/C=C/CCO)[C@@]1(O)C(=O)N(Cc2cccc(NC(=O)C3CCCNC3)c2)c2ccccc21. The minimum absolute atomic E-state index is 0.00445. The number of fused-ring (bicyclic) bond motifs is 1. The van der Waals surface area contributed by atoms with Gasteiger partial charge in [-0.15, -0.1) is 0 Å². The minimum atomic E-state index is -1.68. The van der Waals surface area contributed by atoms with Crippen LogP contribution in [0, 0.1) is 11.8 Å². The van der Waals surface area contributed by atoms with Gasteiger partial charge in [0.2, 0.25) is 5.91 Å². The molecule has 1 unspecified atom stereocenters. The van der Waals surface area contributed by atoms with E-state index in [-0.39, 0.29) is 30.9 Å². The number of nitrogens with one attached hydrogen (secondary N) is 2. The number of aliphatic hydroxyl groups excluding tert-OH is 1. The molecule has 7 heteroatoms. The van der Waals surface area contributed by atoms with E-state index in [0.29, 0.717) is 29.9 Å². The number of para-hydroxylation sites is 1. The quantitative estimate of drug-likeness (QED) is 0.451. The number of hydrogen-bond acceptors (Lipinski definition) is 5. The first-order valence-corrected chi connectivity index (χ1v) is 12.0. The molecule has 2 aromatic carbocycles. The standard InChI is InChI=1S/C27H33N3O4/c1-19(8-4-5-15-31)27(34)23-12-2-3-13-24(23)30(26(27)33)18-20-9-6-11-22(16-20)29-25(32)21-10-7-14-28-17-21/h2-4,6,8-9,11-13,16,19,21,28,31,34H,5,7,10,14-15,17-18H2,1H3,(H,29,32)/b8-4+/t19-,21?,27+/m1/s1. The van der Waals surface area contributed by atoms with E-state index in [1.54, 1.807) is 23.1 Å². The van der Waals surface area contributed by atoms with E-state index >= 15 is 0 Å². The van der Waals surface area contributed by atoms with Crippen LogP contribution in [0.3, 0.4) is 0 Å². The Labute approximate surface area is 200 Å². The third-order valence-corrected chi connectivity index (χ3v) is 6.76. The second kappa shape index (κ2) is 10.5. The zero-order valence-electron chi connectivity index (χ0n) is 19.5. The van der Waals surface area contributed by atoms with Crippen molar-refractivity contribution >= 4 is 23.2 Å². The van der Waals surface area contributed by atoms with E-state index < -0.39 is 11.5 Å². The van der Waals surface area contributed by atoms with Crippen molar-refractivity contribution in [3.8, 4) is 0 Å². The molecule has 2 heterocycles. The number of piperidine rings is 1. The van der Waals surface area contributed by atoms with Gasteiger partial charge in [-0.1, -0.05) is 49.4 Å². The topological polar surface area (TPSA) is 102 Å². The lowest BCUT2D eigenvalue weighted by atomic mass is 9.83. The average molecular weight is 464 g/mol. The molecule has 0 saturated carbocycles. The maximum Gasteiger partial charge on any atom is 0.264 e. The van der Waals surface area contributed by atoms with Crippen molar-refractivity contribution in [1.82, 2.24) is 5.32 Å². The molecule has 0 radical (unpaired) electrons. The molecular formula is C27H33N3O4. The van der Waals surface area contributed by atoms with Crippen LogP contribution >= 0.6 is 0 Å². The van der Waals surface area contributed by atoms with Gasteiger partial charge in [-0.05, 0) is 49.6 Å². The lowest BCUT2D eigenvalue weighted by Gasteiger charge is -2.27. The molecule has 0 bridgehead atoms. The van der Waals surface area contributed by atoms with E-state index in [2.05, 4.69) is 10.6 Å². The van der Waals surface area contributed by atoms with Crippen molar-refractivity contribution in [2.24, 2.45) is 11.8 Å². The van der Waals surface area contributed by atoms with Crippen LogP contribution < -0.4 is 15.5 Å². The van der Waals surface area contributed by atoms with Gasteiger partial charge in [0.1, 0.15) is 0 Å². The highest BCUT2D eigenvalue weighted by Gasteiger charge is 2.52. The molecule has 1 fully saturated rings. The number of carbonyl (C=O) groups is 2. The van der Waals surface area contributed by atoms with Crippen molar-refractivity contribution in [3.05, 3.63) is 71.8 Å². The maximum atomic E-state index is 13.5. The molecule has 1 saturated heterocycles. The smallest absolute Gasteiger partial charge is 0.264 e. The average Bonchev–Trinajstić information content (AvgIpc) is 3.08. The lowest BCUT2D eigenvalue weighted by Crippen LogP contribution is -2.44. The van der Waals surface area contributed by atoms with Crippen LogP contribution in [0.2, 0.25) is 0 Å². The Bertz CT molecular complexity index is 1060. The molecule has 2 amide bonds. The Hall–Kier alpha value is -3.00. The third-order valence-electron chi connectivity index (χ3n) is 6.76. The fraction of sp³-hybridized carbons (Fsp3) is 0.407. The van der Waals surface area contributed by atoms with Crippen LogP contribution in [0.15, 0.2) is 60.7 Å². The Morgan fingerprint density at radius 1 is 1.29 bits per heavy atom. The second-order valence-electron chi connectivity index (χ2n) is 9.14. The molecule has 0 spiro atoms. The molecule has 7 nitrogen and oxygen atoms in total. The van der Waals surface area contributed by atoms with Crippen molar-refractivity contribution < 1.29 is 19.8 Å². The number of amides is 2. The van der Waals surface area contributed by atoms with Gasteiger partial charge in [-0.2, -0.15) is 0 Å². The van der Waals surface area contributed by atoms with Crippen LogP contribution in [0.25, 0.3) is 0 Å². The summed E-state index contributed by atoms with van der Waals surface area (Å²) in [5.74, 6) is -0.880. The normalized spacial score (nSPS) is 23.2. The Kier molecular flexibility index (Phi) is 7.46. The zero-order chi connectivity index (χ0) is 24.1. The number of carbonyl (C=O) groups excluding carboxylic acids is 2. The fourth-order valence-electron chi connectivity index (χ4n) is 4.82. The Morgan fingerprint density at radius 3 is 2.88 bits per heavy atom. The first-order chi connectivity index (χ1) is 16.4. The van der Waals surface area contributed by atoms with Gasteiger partial charge in [0, 0.05) is 30.3 Å². The largest absolute Gasteiger partial charge is 0.396 e. The summed E-state index contributed by atoms with van der Waals surface area (Å²) < 4.78 is 0. The first-order valence-electron chi connectivity index (χ1n) is 12.0. The van der Waals surface area contributed by atoms with Crippen molar-refractivity contribution in [1.29, 1.82) is 0 Å². The number of rotatable bonds is 8. The molecule has 2 aliphatic rings. The van der Waals surface area contributed by atoms with E-state index in [1.807, 2.05) is 49.4 Å². The summed E-state index contributed by atoms with van der Waals surface area (Å²) in [5.41, 5.74) is 1.14. The van der Waals surface area contributed by atoms with Crippen LogP contribution in [0.4, 0.5) is 11.4 Å². The maximum absolute atomic E-state index is 13.5. The number of anilines is 2. The van der Waals surface area contributed by atoms with Crippen molar-refractivity contribution in [2.75, 3.05) is 29.9 Å². The van der Waals surface area contributed by atoms with Gasteiger partial charge in [-0.3, -0.25) is 9.59 Å². The van der Waals surface area contributed by atoms with Crippen LogP contribution in [0.1, 0.15) is 37.3 Å². The van der Waals surface area contributed by atoms with E-state index in [0.717, 1.165) is 24.9 Å². The third kappa shape index (κ3) is 4.78. The van der Waals surface area contributed by atoms with Gasteiger partial charge in [0.15, 0.2) is 5.60 Å². The molecule has 3 atom stereocenters. The van der Waals surface area contributed by atoms with Gasteiger partial charge in [0.05, 0.1) is 18.2 Å². The zero-order valence-corrected chi connectivity index (χ0v) is 19.5. The number of benzene rings is 2. The predicted molar refractivity (Wildman–Crippen MR) is 132 cm³/mol.